The molecule has 9 nitrogen and oxygen atoms in total. The molecule has 6 rings (SSSR count). The zero-order valence-corrected chi connectivity index (χ0v) is 24.3. The lowest BCUT2D eigenvalue weighted by atomic mass is 9.90. The van der Waals surface area contributed by atoms with Crippen molar-refractivity contribution in [1.29, 1.82) is 0 Å². The number of alkyl halides is 2. The Hall–Kier alpha value is -3.29. The van der Waals surface area contributed by atoms with Crippen molar-refractivity contribution in [1.82, 2.24) is 28.5 Å². The van der Waals surface area contributed by atoms with Crippen molar-refractivity contribution < 1.29 is 21.8 Å². The lowest BCUT2D eigenvalue weighted by Crippen LogP contribution is -2.36. The van der Waals surface area contributed by atoms with Crippen molar-refractivity contribution in [3.8, 4) is 11.5 Å². The van der Waals surface area contributed by atoms with E-state index in [4.69, 9.17) is 4.42 Å². The van der Waals surface area contributed by atoms with Crippen LogP contribution in [-0.4, -0.2) is 72.2 Å². The minimum Gasteiger partial charge on any atom is -0.415 e. The Morgan fingerprint density at radius 1 is 1.00 bits per heavy atom. The topological polar surface area (TPSA) is 89.4 Å². The van der Waals surface area contributed by atoms with E-state index in [9.17, 15) is 17.8 Å². The van der Waals surface area contributed by atoms with Crippen molar-refractivity contribution in [2.45, 2.75) is 50.6 Å². The quantitative estimate of drug-likeness (QED) is 0.304. The predicted octanol–water partition coefficient (Wildman–Crippen LogP) is 4.72. The molecule has 0 radical (unpaired) electrons. The predicted molar refractivity (Wildman–Crippen MR) is 153 cm³/mol. The number of hydrogen-bond donors (Lipinski definition) is 0. The number of imidazole rings is 1. The Morgan fingerprint density at radius 3 is 2.38 bits per heavy atom. The van der Waals surface area contributed by atoms with Gasteiger partial charge in [-0.15, -0.1) is 10.2 Å². The standard InChI is InChI=1S/C29H33F3N6O3S/c1-35-11-9-22(10-12-35)38-25-16-19(18-7-13-36(14-8-18)42(2)40)5-6-24(25)37(29(38)39)17-21-4-3-20(15-23(21)30)27-33-34-28(41-27)26(31)32/h3-6,15-16,18,22,26H,7-14,17H2,1-2H3. The molecule has 0 amide bonds. The minimum atomic E-state index is -2.92. The molecule has 0 saturated carbocycles. The maximum Gasteiger partial charge on any atom is 0.329 e. The van der Waals surface area contributed by atoms with Gasteiger partial charge in [-0.3, -0.25) is 9.13 Å². The van der Waals surface area contributed by atoms with E-state index in [-0.39, 0.29) is 35.3 Å². The summed E-state index contributed by atoms with van der Waals surface area (Å²) in [6.45, 7) is 3.30. The van der Waals surface area contributed by atoms with Gasteiger partial charge in [0.2, 0.25) is 5.89 Å². The second-order valence-electron chi connectivity index (χ2n) is 11.2. The average Bonchev–Trinajstić information content (AvgIpc) is 3.58. The zero-order chi connectivity index (χ0) is 29.5. The number of likely N-dealkylation sites (tertiary alicyclic amines) is 1. The molecule has 2 saturated heterocycles. The molecule has 224 valence electrons. The molecule has 2 aliphatic heterocycles. The third kappa shape index (κ3) is 5.57. The van der Waals surface area contributed by atoms with E-state index in [1.165, 1.54) is 12.1 Å². The molecule has 0 aliphatic carbocycles. The highest BCUT2D eigenvalue weighted by atomic mass is 32.2. The maximum atomic E-state index is 15.3. The van der Waals surface area contributed by atoms with Gasteiger partial charge >= 0.3 is 12.1 Å². The Kier molecular flexibility index (Phi) is 8.07. The highest BCUT2D eigenvalue weighted by Gasteiger charge is 2.27. The van der Waals surface area contributed by atoms with Gasteiger partial charge in [-0.1, -0.05) is 12.1 Å². The van der Waals surface area contributed by atoms with Gasteiger partial charge in [-0.05, 0) is 81.6 Å². The number of piperidine rings is 2. The van der Waals surface area contributed by atoms with Gasteiger partial charge in [-0.25, -0.2) is 17.7 Å². The minimum absolute atomic E-state index is 0.00718. The van der Waals surface area contributed by atoms with Gasteiger partial charge in [-0.2, -0.15) is 8.78 Å². The van der Waals surface area contributed by atoms with Gasteiger partial charge < -0.3 is 9.32 Å². The molecule has 13 heteroatoms. The molecule has 0 N–H and O–H groups in total. The summed E-state index contributed by atoms with van der Waals surface area (Å²) in [7, 11) is 1.09. The molecule has 1 atom stereocenters. The fourth-order valence-corrected chi connectivity index (χ4v) is 6.90. The van der Waals surface area contributed by atoms with Crippen LogP contribution < -0.4 is 5.69 Å². The van der Waals surface area contributed by atoms with E-state index in [1.54, 1.807) is 10.8 Å². The maximum absolute atomic E-state index is 15.3. The average molecular weight is 603 g/mol. The van der Waals surface area contributed by atoms with Crippen molar-refractivity contribution >= 4 is 22.0 Å². The number of halogens is 3. The number of rotatable bonds is 7. The molecule has 2 fully saturated rings. The third-order valence-corrected chi connectivity index (χ3v) is 9.68. The number of aromatic nitrogens is 4. The molecule has 42 heavy (non-hydrogen) atoms. The van der Waals surface area contributed by atoms with E-state index < -0.39 is 29.1 Å². The highest BCUT2D eigenvalue weighted by Crippen LogP contribution is 2.33. The smallest absolute Gasteiger partial charge is 0.329 e. The van der Waals surface area contributed by atoms with Crippen LogP contribution in [0, 0.1) is 5.82 Å². The van der Waals surface area contributed by atoms with Gasteiger partial charge in [0.25, 0.3) is 5.89 Å². The summed E-state index contributed by atoms with van der Waals surface area (Å²) in [6, 6.07) is 10.4. The first-order valence-electron chi connectivity index (χ1n) is 14.1. The van der Waals surface area contributed by atoms with Crippen LogP contribution in [-0.2, 0) is 17.5 Å². The molecule has 4 aromatic rings. The Bertz CT molecular complexity index is 1670. The summed E-state index contributed by atoms with van der Waals surface area (Å²) in [5.74, 6) is -1.32. The molecule has 2 aromatic carbocycles. The first-order valence-corrected chi connectivity index (χ1v) is 15.6. The summed E-state index contributed by atoms with van der Waals surface area (Å²) in [6.07, 6.45) is 2.25. The lowest BCUT2D eigenvalue weighted by molar-refractivity contribution is 0.116. The van der Waals surface area contributed by atoms with Gasteiger partial charge in [0.1, 0.15) is 5.82 Å². The number of hydrogen-bond acceptors (Lipinski definition) is 6. The SMILES string of the molecule is CN1CCC(n2c(=O)n(Cc3ccc(-c4nnc(C(F)F)o4)cc3F)c3ccc(C4CCN(S(C)=O)CC4)cc32)CC1. The van der Waals surface area contributed by atoms with E-state index >= 15 is 4.39 Å². The molecule has 4 heterocycles. The van der Waals surface area contributed by atoms with Crippen LogP contribution in [0.4, 0.5) is 13.2 Å². The van der Waals surface area contributed by atoms with E-state index in [0.717, 1.165) is 74.5 Å². The summed E-state index contributed by atoms with van der Waals surface area (Å²) < 4.78 is 63.4. The molecular weight excluding hydrogens is 569 g/mol. The summed E-state index contributed by atoms with van der Waals surface area (Å²) in [5, 5.41) is 6.90. The fraction of sp³-hybridized carbons (Fsp3) is 0.483. The van der Waals surface area contributed by atoms with E-state index in [0.29, 0.717) is 5.92 Å². The summed E-state index contributed by atoms with van der Waals surface area (Å²) >= 11 is 0. The Labute approximate surface area is 243 Å². The van der Waals surface area contributed by atoms with Crippen LogP contribution >= 0.6 is 0 Å². The van der Waals surface area contributed by atoms with Crippen molar-refractivity contribution in [2.24, 2.45) is 0 Å². The van der Waals surface area contributed by atoms with Crippen molar-refractivity contribution in [3.05, 3.63) is 69.7 Å². The first-order chi connectivity index (χ1) is 20.2. The zero-order valence-electron chi connectivity index (χ0n) is 23.5. The summed E-state index contributed by atoms with van der Waals surface area (Å²) in [5.41, 5.74) is 3.00. The summed E-state index contributed by atoms with van der Waals surface area (Å²) in [4.78, 5) is 16.2. The number of benzene rings is 2. The van der Waals surface area contributed by atoms with Gasteiger partial charge in [0, 0.05) is 36.5 Å². The normalized spacial score (nSPS) is 18.8. The van der Waals surface area contributed by atoms with Crippen LogP contribution in [0.1, 0.15) is 61.1 Å². The van der Waals surface area contributed by atoms with Crippen LogP contribution in [0.3, 0.4) is 0 Å². The van der Waals surface area contributed by atoms with Crippen molar-refractivity contribution in [3.63, 3.8) is 0 Å². The second kappa shape index (κ2) is 11.8. The van der Waals surface area contributed by atoms with Gasteiger partial charge in [0.05, 0.1) is 28.6 Å². The van der Waals surface area contributed by atoms with E-state index in [2.05, 4.69) is 34.3 Å². The molecule has 0 spiro atoms. The molecule has 1 unspecified atom stereocenters. The van der Waals surface area contributed by atoms with E-state index in [1.807, 2.05) is 14.9 Å². The first kappa shape index (κ1) is 28.8. The number of fused-ring (bicyclic) bond motifs is 1. The third-order valence-electron chi connectivity index (χ3n) is 8.58. The fourth-order valence-electron chi connectivity index (χ4n) is 6.18. The van der Waals surface area contributed by atoms with Crippen LogP contribution in [0.5, 0.6) is 0 Å². The molecule has 0 bridgehead atoms. The lowest BCUT2D eigenvalue weighted by Gasteiger charge is -2.31. The van der Waals surface area contributed by atoms with Crippen LogP contribution in [0.25, 0.3) is 22.5 Å². The number of nitrogens with zero attached hydrogens (tertiary/aromatic N) is 6. The second-order valence-corrected chi connectivity index (χ2v) is 12.6. The largest absolute Gasteiger partial charge is 0.415 e. The Morgan fingerprint density at radius 2 is 1.74 bits per heavy atom. The monoisotopic (exact) mass is 602 g/mol. The molecule has 2 aromatic heterocycles. The van der Waals surface area contributed by atoms with Gasteiger partial charge in [0.15, 0.2) is 0 Å². The Balaban J connectivity index is 1.35. The molecular formula is C29H33F3N6O3S. The highest BCUT2D eigenvalue weighted by molar-refractivity contribution is 7.81. The van der Waals surface area contributed by atoms with Crippen LogP contribution in [0.15, 0.2) is 45.6 Å². The van der Waals surface area contributed by atoms with Crippen LogP contribution in [0.2, 0.25) is 0 Å². The van der Waals surface area contributed by atoms with Crippen molar-refractivity contribution in [2.75, 3.05) is 39.5 Å². The molecule has 2 aliphatic rings.